The van der Waals surface area contributed by atoms with Crippen LogP contribution >= 0.6 is 0 Å². The maximum atomic E-state index is 13.2. The van der Waals surface area contributed by atoms with Crippen molar-refractivity contribution in [2.45, 2.75) is 63.3 Å². The van der Waals surface area contributed by atoms with Gasteiger partial charge < -0.3 is 10.2 Å². The number of fused-ring (bicyclic) bond motifs is 1. The number of carbonyl (C=O) groups is 2. The fraction of sp³-hybridized carbons (Fsp3) is 0.417. The molecule has 1 unspecified atom stereocenters. The van der Waals surface area contributed by atoms with Crippen molar-refractivity contribution in [3.63, 3.8) is 0 Å². The van der Waals surface area contributed by atoms with E-state index in [4.69, 9.17) is 0 Å². The van der Waals surface area contributed by atoms with Gasteiger partial charge in [-0.25, -0.2) is 0 Å². The molecule has 7 heteroatoms. The van der Waals surface area contributed by atoms with Crippen LogP contribution in [0.15, 0.2) is 48.5 Å². The molecule has 1 aliphatic carbocycles. The van der Waals surface area contributed by atoms with E-state index >= 15 is 0 Å². The third-order valence-electron chi connectivity index (χ3n) is 6.47. The SMILES string of the molecule is CC(=O)N1Cc2ccccc2CC1C(=O)N[C@@H]1CCC[C@H]1c1ccc(C(F)(F)F)cc1. The van der Waals surface area contributed by atoms with Gasteiger partial charge in [0.05, 0.1) is 5.56 Å². The van der Waals surface area contributed by atoms with Gasteiger partial charge in [0.15, 0.2) is 0 Å². The van der Waals surface area contributed by atoms with Gasteiger partial charge in [-0.2, -0.15) is 13.2 Å². The van der Waals surface area contributed by atoms with E-state index < -0.39 is 17.8 Å². The summed E-state index contributed by atoms with van der Waals surface area (Å²) in [5, 5.41) is 3.10. The first-order valence-corrected chi connectivity index (χ1v) is 10.6. The van der Waals surface area contributed by atoms with Crippen LogP contribution in [0.25, 0.3) is 0 Å². The molecule has 2 aromatic rings. The lowest BCUT2D eigenvalue weighted by molar-refractivity contribution is -0.140. The Balaban J connectivity index is 1.50. The summed E-state index contributed by atoms with van der Waals surface area (Å²) in [6.07, 6.45) is -1.45. The van der Waals surface area contributed by atoms with Crippen molar-refractivity contribution in [2.75, 3.05) is 0 Å². The molecule has 1 fully saturated rings. The molecule has 0 saturated heterocycles. The highest BCUT2D eigenvalue weighted by atomic mass is 19.4. The largest absolute Gasteiger partial charge is 0.416 e. The second kappa shape index (κ2) is 8.36. The van der Waals surface area contributed by atoms with Gasteiger partial charge in [0.1, 0.15) is 6.04 Å². The summed E-state index contributed by atoms with van der Waals surface area (Å²) < 4.78 is 38.6. The zero-order valence-corrected chi connectivity index (χ0v) is 17.3. The van der Waals surface area contributed by atoms with E-state index in [2.05, 4.69) is 5.32 Å². The highest BCUT2D eigenvalue weighted by Gasteiger charge is 2.37. The minimum atomic E-state index is -4.37. The van der Waals surface area contributed by atoms with E-state index in [1.807, 2.05) is 24.3 Å². The number of halogens is 3. The van der Waals surface area contributed by atoms with Crippen LogP contribution in [0.3, 0.4) is 0 Å². The van der Waals surface area contributed by atoms with Crippen LogP contribution in [0.2, 0.25) is 0 Å². The van der Waals surface area contributed by atoms with E-state index in [0.29, 0.717) is 13.0 Å². The monoisotopic (exact) mass is 430 g/mol. The molecule has 3 atom stereocenters. The molecular weight excluding hydrogens is 405 g/mol. The van der Waals surface area contributed by atoms with Crippen molar-refractivity contribution >= 4 is 11.8 Å². The summed E-state index contributed by atoms with van der Waals surface area (Å²) in [7, 11) is 0. The summed E-state index contributed by atoms with van der Waals surface area (Å²) in [4.78, 5) is 27.0. The number of nitrogens with one attached hydrogen (secondary N) is 1. The van der Waals surface area contributed by atoms with E-state index in [9.17, 15) is 22.8 Å². The summed E-state index contributed by atoms with van der Waals surface area (Å²) >= 11 is 0. The molecule has 0 bridgehead atoms. The molecule has 164 valence electrons. The number of amides is 2. The Hall–Kier alpha value is -2.83. The van der Waals surface area contributed by atoms with Crippen molar-refractivity contribution in [3.05, 3.63) is 70.8 Å². The van der Waals surface area contributed by atoms with Gasteiger partial charge in [-0.05, 0) is 41.7 Å². The molecule has 31 heavy (non-hydrogen) atoms. The molecular formula is C24H25F3N2O2. The Morgan fingerprint density at radius 3 is 2.32 bits per heavy atom. The third-order valence-corrected chi connectivity index (χ3v) is 6.47. The maximum Gasteiger partial charge on any atom is 0.416 e. The number of benzene rings is 2. The third kappa shape index (κ3) is 4.45. The summed E-state index contributed by atoms with van der Waals surface area (Å²) in [6.45, 7) is 1.87. The van der Waals surface area contributed by atoms with E-state index in [-0.39, 0.29) is 23.8 Å². The molecule has 2 aliphatic rings. The van der Waals surface area contributed by atoms with Crippen LogP contribution in [0.1, 0.15) is 54.4 Å². The molecule has 2 amide bonds. The van der Waals surface area contributed by atoms with Gasteiger partial charge in [-0.15, -0.1) is 0 Å². The van der Waals surface area contributed by atoms with Crippen LogP contribution in [0.5, 0.6) is 0 Å². The van der Waals surface area contributed by atoms with Gasteiger partial charge in [-0.3, -0.25) is 9.59 Å². The first-order chi connectivity index (χ1) is 14.7. The second-order valence-electron chi connectivity index (χ2n) is 8.41. The Morgan fingerprint density at radius 2 is 1.68 bits per heavy atom. The topological polar surface area (TPSA) is 49.4 Å². The standard InChI is InChI=1S/C24H25F3N2O2/c1-15(30)29-14-18-6-3-2-5-17(18)13-22(29)23(31)28-21-8-4-7-20(21)16-9-11-19(12-10-16)24(25,26)27/h2-3,5-6,9-12,20-22H,4,7-8,13-14H2,1H3,(H,28,31)/t20-,21+,22?/m0/s1. The molecule has 1 heterocycles. The lowest BCUT2D eigenvalue weighted by atomic mass is 9.91. The zero-order valence-electron chi connectivity index (χ0n) is 17.3. The van der Waals surface area contributed by atoms with Gasteiger partial charge in [0.2, 0.25) is 11.8 Å². The predicted molar refractivity (Wildman–Crippen MR) is 110 cm³/mol. The van der Waals surface area contributed by atoms with Gasteiger partial charge >= 0.3 is 6.18 Å². The van der Waals surface area contributed by atoms with E-state index in [0.717, 1.165) is 48.1 Å². The van der Waals surface area contributed by atoms with E-state index in [1.165, 1.54) is 19.1 Å². The van der Waals surface area contributed by atoms with Crippen LogP contribution in [0.4, 0.5) is 13.2 Å². The molecule has 4 rings (SSSR count). The number of rotatable bonds is 3. The van der Waals surface area contributed by atoms with Crippen molar-refractivity contribution in [1.82, 2.24) is 10.2 Å². The average Bonchev–Trinajstić information content (AvgIpc) is 3.20. The molecule has 0 spiro atoms. The Kier molecular flexibility index (Phi) is 5.77. The van der Waals surface area contributed by atoms with Crippen molar-refractivity contribution in [2.24, 2.45) is 0 Å². The van der Waals surface area contributed by atoms with Gasteiger partial charge in [0.25, 0.3) is 0 Å². The highest BCUT2D eigenvalue weighted by Crippen LogP contribution is 2.37. The molecule has 0 radical (unpaired) electrons. The summed E-state index contributed by atoms with van der Waals surface area (Å²) in [6, 6.07) is 12.3. The highest BCUT2D eigenvalue weighted by molar-refractivity contribution is 5.88. The fourth-order valence-electron chi connectivity index (χ4n) is 4.82. The molecule has 1 aliphatic heterocycles. The van der Waals surface area contributed by atoms with Crippen LogP contribution < -0.4 is 5.32 Å². The second-order valence-corrected chi connectivity index (χ2v) is 8.41. The molecule has 1 saturated carbocycles. The minimum absolute atomic E-state index is 0.0344. The van der Waals surface area contributed by atoms with Gasteiger partial charge in [-0.1, -0.05) is 42.8 Å². The minimum Gasteiger partial charge on any atom is -0.351 e. The van der Waals surface area contributed by atoms with Crippen molar-refractivity contribution in [3.8, 4) is 0 Å². The molecule has 2 aromatic carbocycles. The number of hydrogen-bond acceptors (Lipinski definition) is 2. The summed E-state index contributed by atoms with van der Waals surface area (Å²) in [5.41, 5.74) is 2.23. The predicted octanol–water partition coefficient (Wildman–Crippen LogP) is 4.43. The molecule has 4 nitrogen and oxygen atoms in total. The maximum absolute atomic E-state index is 13.2. The average molecular weight is 430 g/mol. The van der Waals surface area contributed by atoms with Crippen LogP contribution in [-0.2, 0) is 28.7 Å². The van der Waals surface area contributed by atoms with Crippen LogP contribution in [-0.4, -0.2) is 28.8 Å². The van der Waals surface area contributed by atoms with Crippen molar-refractivity contribution in [1.29, 1.82) is 0 Å². The number of nitrogens with zero attached hydrogens (tertiary/aromatic N) is 1. The van der Waals surface area contributed by atoms with Crippen LogP contribution in [0, 0.1) is 0 Å². The number of hydrogen-bond donors (Lipinski definition) is 1. The summed E-state index contributed by atoms with van der Waals surface area (Å²) in [5.74, 6) is -0.387. The normalized spacial score (nSPS) is 23.4. The van der Waals surface area contributed by atoms with E-state index in [1.54, 1.807) is 4.90 Å². The number of carbonyl (C=O) groups excluding carboxylic acids is 2. The Morgan fingerprint density at radius 1 is 1.00 bits per heavy atom. The van der Waals surface area contributed by atoms with Crippen molar-refractivity contribution < 1.29 is 22.8 Å². The lowest BCUT2D eigenvalue weighted by Gasteiger charge is -2.36. The molecule has 1 N–H and O–H groups in total. The number of alkyl halides is 3. The zero-order chi connectivity index (χ0) is 22.2. The smallest absolute Gasteiger partial charge is 0.351 e. The first-order valence-electron chi connectivity index (χ1n) is 10.6. The fourth-order valence-corrected chi connectivity index (χ4v) is 4.82. The lowest BCUT2D eigenvalue weighted by Crippen LogP contribution is -2.54. The first kappa shape index (κ1) is 21.4. The quantitative estimate of drug-likeness (QED) is 0.783. The molecule has 0 aromatic heterocycles. The Labute approximate surface area is 179 Å². The Bertz CT molecular complexity index is 972. The van der Waals surface area contributed by atoms with Gasteiger partial charge in [0, 0.05) is 31.8 Å².